The summed E-state index contributed by atoms with van der Waals surface area (Å²) in [5, 5.41) is 0. The van der Waals surface area contributed by atoms with Crippen LogP contribution in [-0.4, -0.2) is 12.4 Å². The van der Waals surface area contributed by atoms with Crippen molar-refractivity contribution >= 4 is 37.6 Å². The minimum Gasteiger partial charge on any atom is -0.485 e. The van der Waals surface area contributed by atoms with Crippen LogP contribution in [-0.2, 0) is 0 Å². The first-order chi connectivity index (χ1) is 8.65. The number of rotatable bonds is 4. The van der Waals surface area contributed by atoms with Gasteiger partial charge in [0.05, 0.1) is 0 Å². The molecule has 0 bridgehead atoms. The van der Waals surface area contributed by atoms with E-state index in [-0.39, 0.29) is 12.4 Å². The summed E-state index contributed by atoms with van der Waals surface area (Å²) in [5.41, 5.74) is 0.646. The molecule has 0 N–H and O–H groups in total. The first-order valence-corrected chi connectivity index (χ1v) is 6.91. The monoisotopic (exact) mass is 368 g/mol. The second-order valence-electron chi connectivity index (χ2n) is 3.68. The first kappa shape index (κ1) is 13.3. The minimum absolute atomic E-state index is 0.0394. The summed E-state index contributed by atoms with van der Waals surface area (Å²) in [5.74, 6) is 0.636. The zero-order valence-corrected chi connectivity index (χ0v) is 12.6. The fourth-order valence-electron chi connectivity index (χ4n) is 1.42. The van der Waals surface area contributed by atoms with Gasteiger partial charge in [-0.25, -0.2) is 0 Å². The number of hydrogen-bond acceptors (Lipinski definition) is 2. The average molecular weight is 370 g/mol. The lowest BCUT2D eigenvalue weighted by Gasteiger charge is -2.06. The highest BCUT2D eigenvalue weighted by Gasteiger charge is 2.06. The van der Waals surface area contributed by atoms with Crippen molar-refractivity contribution in [3.8, 4) is 5.75 Å². The topological polar surface area (TPSA) is 26.3 Å². The van der Waals surface area contributed by atoms with Crippen molar-refractivity contribution in [2.45, 2.75) is 0 Å². The Hall–Kier alpha value is -1.13. The summed E-state index contributed by atoms with van der Waals surface area (Å²) in [4.78, 5) is 11.9. The van der Waals surface area contributed by atoms with Gasteiger partial charge in [-0.15, -0.1) is 0 Å². The summed E-state index contributed by atoms with van der Waals surface area (Å²) in [6.07, 6.45) is 0. The van der Waals surface area contributed by atoms with E-state index >= 15 is 0 Å². The predicted molar refractivity (Wildman–Crippen MR) is 78.1 cm³/mol. The van der Waals surface area contributed by atoms with Crippen LogP contribution in [0.3, 0.4) is 0 Å². The Morgan fingerprint density at radius 2 is 1.72 bits per heavy atom. The molecule has 2 rings (SSSR count). The SMILES string of the molecule is O=C(COc1cccc(Br)c1)c1ccc(Br)cc1. The van der Waals surface area contributed by atoms with E-state index in [2.05, 4.69) is 31.9 Å². The van der Waals surface area contributed by atoms with Crippen molar-refractivity contribution < 1.29 is 9.53 Å². The van der Waals surface area contributed by atoms with E-state index in [0.717, 1.165) is 8.95 Å². The Balaban J connectivity index is 1.98. The molecule has 0 radical (unpaired) electrons. The lowest BCUT2D eigenvalue weighted by molar-refractivity contribution is 0.0921. The summed E-state index contributed by atoms with van der Waals surface area (Å²) in [7, 11) is 0. The molecular formula is C14H10Br2O2. The van der Waals surface area contributed by atoms with Crippen LogP contribution in [0.15, 0.2) is 57.5 Å². The molecule has 0 saturated heterocycles. The molecule has 0 fully saturated rings. The maximum Gasteiger partial charge on any atom is 0.200 e. The smallest absolute Gasteiger partial charge is 0.200 e. The number of hydrogen-bond donors (Lipinski definition) is 0. The molecule has 92 valence electrons. The van der Waals surface area contributed by atoms with Gasteiger partial charge in [-0.1, -0.05) is 50.1 Å². The molecule has 0 amide bonds. The zero-order valence-electron chi connectivity index (χ0n) is 9.40. The fraction of sp³-hybridized carbons (Fsp3) is 0.0714. The van der Waals surface area contributed by atoms with Crippen LogP contribution in [0.1, 0.15) is 10.4 Å². The van der Waals surface area contributed by atoms with Crippen molar-refractivity contribution in [1.82, 2.24) is 0 Å². The van der Waals surface area contributed by atoms with Crippen molar-refractivity contribution in [3.05, 3.63) is 63.0 Å². The number of ketones is 1. The third-order valence-corrected chi connectivity index (χ3v) is 3.35. The highest BCUT2D eigenvalue weighted by atomic mass is 79.9. The maximum atomic E-state index is 11.9. The molecule has 0 saturated carbocycles. The van der Waals surface area contributed by atoms with Gasteiger partial charge in [0.2, 0.25) is 0 Å². The van der Waals surface area contributed by atoms with Gasteiger partial charge in [0.15, 0.2) is 12.4 Å². The third-order valence-electron chi connectivity index (χ3n) is 2.33. The van der Waals surface area contributed by atoms with Crippen LogP contribution in [0, 0.1) is 0 Å². The molecule has 0 atom stereocenters. The molecule has 0 aliphatic rings. The average Bonchev–Trinajstić information content (AvgIpc) is 2.37. The molecule has 2 aromatic carbocycles. The molecule has 0 aliphatic carbocycles. The van der Waals surface area contributed by atoms with Crippen LogP contribution in [0.2, 0.25) is 0 Å². The predicted octanol–water partition coefficient (Wildman–Crippen LogP) is 4.47. The Bertz CT molecular complexity index is 550. The maximum absolute atomic E-state index is 11.9. The van der Waals surface area contributed by atoms with E-state index in [4.69, 9.17) is 4.74 Å². The Morgan fingerprint density at radius 3 is 2.39 bits per heavy atom. The van der Waals surface area contributed by atoms with Crippen molar-refractivity contribution in [2.75, 3.05) is 6.61 Å². The van der Waals surface area contributed by atoms with E-state index in [1.807, 2.05) is 36.4 Å². The fourth-order valence-corrected chi connectivity index (χ4v) is 2.07. The second-order valence-corrected chi connectivity index (χ2v) is 5.51. The standard InChI is InChI=1S/C14H10Br2O2/c15-11-6-4-10(5-7-11)14(17)9-18-13-3-1-2-12(16)8-13/h1-8H,9H2. The lowest BCUT2D eigenvalue weighted by atomic mass is 10.1. The summed E-state index contributed by atoms with van der Waals surface area (Å²) < 4.78 is 7.32. The molecule has 0 spiro atoms. The van der Waals surface area contributed by atoms with E-state index in [1.165, 1.54) is 0 Å². The first-order valence-electron chi connectivity index (χ1n) is 5.32. The van der Waals surface area contributed by atoms with E-state index in [1.54, 1.807) is 12.1 Å². The molecule has 0 heterocycles. The van der Waals surface area contributed by atoms with Crippen molar-refractivity contribution in [1.29, 1.82) is 0 Å². The van der Waals surface area contributed by atoms with Crippen molar-refractivity contribution in [3.63, 3.8) is 0 Å². The van der Waals surface area contributed by atoms with Crippen LogP contribution in [0.5, 0.6) is 5.75 Å². The number of benzene rings is 2. The van der Waals surface area contributed by atoms with Gasteiger partial charge in [-0.2, -0.15) is 0 Å². The second kappa shape index (κ2) is 6.16. The Labute approximate surface area is 122 Å². The van der Waals surface area contributed by atoms with E-state index in [9.17, 15) is 4.79 Å². The molecule has 0 aliphatic heterocycles. The van der Waals surface area contributed by atoms with Gasteiger partial charge in [-0.3, -0.25) is 4.79 Å². The van der Waals surface area contributed by atoms with Gasteiger partial charge < -0.3 is 4.74 Å². The molecule has 0 aromatic heterocycles. The van der Waals surface area contributed by atoms with Gasteiger partial charge in [0.25, 0.3) is 0 Å². The minimum atomic E-state index is -0.0394. The largest absolute Gasteiger partial charge is 0.485 e. The third kappa shape index (κ3) is 3.68. The molecule has 0 unspecified atom stereocenters. The lowest BCUT2D eigenvalue weighted by Crippen LogP contribution is -2.11. The Morgan fingerprint density at radius 1 is 1.00 bits per heavy atom. The number of Topliss-reactive ketones (excluding diaryl/α,β-unsaturated/α-hetero) is 1. The summed E-state index contributed by atoms with van der Waals surface area (Å²) >= 11 is 6.68. The van der Waals surface area contributed by atoms with Gasteiger partial charge >= 0.3 is 0 Å². The van der Waals surface area contributed by atoms with Crippen LogP contribution in [0.4, 0.5) is 0 Å². The number of carbonyl (C=O) groups is 1. The van der Waals surface area contributed by atoms with Crippen LogP contribution < -0.4 is 4.74 Å². The van der Waals surface area contributed by atoms with Crippen molar-refractivity contribution in [2.24, 2.45) is 0 Å². The number of ether oxygens (including phenoxy) is 1. The molecule has 4 heteroatoms. The highest BCUT2D eigenvalue weighted by Crippen LogP contribution is 2.18. The van der Waals surface area contributed by atoms with E-state index in [0.29, 0.717) is 11.3 Å². The summed E-state index contributed by atoms with van der Waals surface area (Å²) in [6, 6.07) is 14.6. The van der Waals surface area contributed by atoms with Crippen LogP contribution >= 0.6 is 31.9 Å². The summed E-state index contributed by atoms with van der Waals surface area (Å²) in [6.45, 7) is 0.0398. The van der Waals surface area contributed by atoms with Gasteiger partial charge in [-0.05, 0) is 30.3 Å². The van der Waals surface area contributed by atoms with E-state index < -0.39 is 0 Å². The molecular weight excluding hydrogens is 360 g/mol. The van der Waals surface area contributed by atoms with Gasteiger partial charge in [0.1, 0.15) is 5.75 Å². The quantitative estimate of drug-likeness (QED) is 0.743. The normalized spacial score (nSPS) is 10.1. The number of carbonyl (C=O) groups excluding carboxylic acids is 1. The van der Waals surface area contributed by atoms with Crippen LogP contribution in [0.25, 0.3) is 0 Å². The molecule has 2 nitrogen and oxygen atoms in total. The number of halogens is 2. The Kier molecular flexibility index (Phi) is 4.55. The molecule has 2 aromatic rings. The zero-order chi connectivity index (χ0) is 13.0. The molecule has 18 heavy (non-hydrogen) atoms. The van der Waals surface area contributed by atoms with Gasteiger partial charge in [0, 0.05) is 14.5 Å². The highest BCUT2D eigenvalue weighted by molar-refractivity contribution is 9.10.